The van der Waals surface area contributed by atoms with Gasteiger partial charge in [-0.3, -0.25) is 4.79 Å². The molecule has 1 aromatic rings. The Labute approximate surface area is 142 Å². The molecule has 0 atom stereocenters. The van der Waals surface area contributed by atoms with Crippen molar-refractivity contribution in [1.82, 2.24) is 14.9 Å². The zero-order valence-corrected chi connectivity index (χ0v) is 13.4. The van der Waals surface area contributed by atoms with Gasteiger partial charge in [-0.25, -0.2) is 9.97 Å². The maximum atomic E-state index is 12.7. The van der Waals surface area contributed by atoms with Gasteiger partial charge in [-0.1, -0.05) is 0 Å². The second-order valence-electron chi connectivity index (χ2n) is 6.48. The van der Waals surface area contributed by atoms with Crippen molar-refractivity contribution in [2.24, 2.45) is 5.92 Å². The smallest absolute Gasteiger partial charge is 0.358 e. The van der Waals surface area contributed by atoms with Gasteiger partial charge in [-0.05, 0) is 24.8 Å². The summed E-state index contributed by atoms with van der Waals surface area (Å²) in [4.78, 5) is 21.9. The number of halogens is 3. The number of alkyl halides is 3. The third kappa shape index (κ3) is 3.84. The van der Waals surface area contributed by atoms with Crippen LogP contribution in [-0.4, -0.2) is 63.0 Å². The predicted octanol–water partition coefficient (Wildman–Crippen LogP) is 0.625. The SMILES string of the molecule is O=C1N(CC2CCN(c3ccnc(C(F)(F)F)n3)CC2)CCC1(O)O. The number of carbonyl (C=O) groups excluding carboxylic acids is 1. The van der Waals surface area contributed by atoms with E-state index in [4.69, 9.17) is 0 Å². The van der Waals surface area contributed by atoms with Crippen LogP contribution < -0.4 is 4.90 Å². The highest BCUT2D eigenvalue weighted by Gasteiger charge is 2.44. The third-order valence-corrected chi connectivity index (χ3v) is 4.67. The summed E-state index contributed by atoms with van der Waals surface area (Å²) in [6.45, 7) is 1.76. The van der Waals surface area contributed by atoms with Crippen molar-refractivity contribution in [3.05, 3.63) is 18.1 Å². The van der Waals surface area contributed by atoms with Gasteiger partial charge in [-0.15, -0.1) is 0 Å². The number of amides is 1. The van der Waals surface area contributed by atoms with Crippen LogP contribution in [0.3, 0.4) is 0 Å². The quantitative estimate of drug-likeness (QED) is 0.769. The first kappa shape index (κ1) is 17.9. The summed E-state index contributed by atoms with van der Waals surface area (Å²) in [6.07, 6.45) is -2.13. The molecule has 2 aliphatic heterocycles. The van der Waals surface area contributed by atoms with Crippen LogP contribution in [0.1, 0.15) is 25.1 Å². The minimum Gasteiger partial charge on any atom is -0.358 e. The molecule has 25 heavy (non-hydrogen) atoms. The Kier molecular flexibility index (Phi) is 4.58. The Morgan fingerprint density at radius 3 is 2.48 bits per heavy atom. The van der Waals surface area contributed by atoms with E-state index in [0.717, 1.165) is 6.20 Å². The van der Waals surface area contributed by atoms with Crippen molar-refractivity contribution in [3.8, 4) is 0 Å². The Morgan fingerprint density at radius 2 is 1.92 bits per heavy atom. The minimum absolute atomic E-state index is 0.00810. The normalized spacial score (nSPS) is 21.9. The van der Waals surface area contributed by atoms with E-state index in [1.54, 1.807) is 4.90 Å². The molecule has 1 amide bonds. The lowest BCUT2D eigenvalue weighted by Gasteiger charge is -2.34. The zero-order valence-electron chi connectivity index (χ0n) is 13.4. The Morgan fingerprint density at radius 1 is 1.24 bits per heavy atom. The molecule has 0 saturated carbocycles. The lowest BCUT2D eigenvalue weighted by molar-refractivity contribution is -0.182. The van der Waals surface area contributed by atoms with Crippen LogP contribution >= 0.6 is 0 Å². The Bertz CT molecular complexity index is 645. The number of aliphatic hydroxyl groups is 2. The fraction of sp³-hybridized carbons (Fsp3) is 0.667. The van der Waals surface area contributed by atoms with Crippen LogP contribution in [0.25, 0.3) is 0 Å². The highest BCUT2D eigenvalue weighted by molar-refractivity contribution is 5.85. The molecule has 2 fully saturated rings. The van der Waals surface area contributed by atoms with Crippen LogP contribution in [0.15, 0.2) is 12.3 Å². The number of nitrogens with zero attached hydrogens (tertiary/aromatic N) is 4. The van der Waals surface area contributed by atoms with Gasteiger partial charge < -0.3 is 20.0 Å². The van der Waals surface area contributed by atoms with Gasteiger partial charge in [0.05, 0.1) is 0 Å². The molecule has 0 radical (unpaired) electrons. The summed E-state index contributed by atoms with van der Waals surface area (Å²) in [6, 6.07) is 1.45. The molecular weight excluding hydrogens is 341 g/mol. The summed E-state index contributed by atoms with van der Waals surface area (Å²) in [5.74, 6) is -3.70. The minimum atomic E-state index is -4.58. The van der Waals surface area contributed by atoms with Crippen LogP contribution in [-0.2, 0) is 11.0 Å². The second-order valence-corrected chi connectivity index (χ2v) is 6.48. The van der Waals surface area contributed by atoms with E-state index in [2.05, 4.69) is 9.97 Å². The number of rotatable bonds is 3. The molecule has 2 aliphatic rings. The molecule has 1 aromatic heterocycles. The van der Waals surface area contributed by atoms with E-state index < -0.39 is 23.7 Å². The largest absolute Gasteiger partial charge is 0.451 e. The van der Waals surface area contributed by atoms with Gasteiger partial charge in [0.1, 0.15) is 5.82 Å². The molecule has 0 aliphatic carbocycles. The number of carbonyl (C=O) groups is 1. The molecule has 0 unspecified atom stereocenters. The van der Waals surface area contributed by atoms with E-state index >= 15 is 0 Å². The number of likely N-dealkylation sites (tertiary alicyclic amines) is 1. The number of hydrogen-bond acceptors (Lipinski definition) is 6. The number of aromatic nitrogens is 2. The predicted molar refractivity (Wildman–Crippen MR) is 80.3 cm³/mol. The zero-order chi connectivity index (χ0) is 18.2. The van der Waals surface area contributed by atoms with Crippen molar-refractivity contribution in [2.45, 2.75) is 31.2 Å². The van der Waals surface area contributed by atoms with E-state index in [1.807, 2.05) is 0 Å². The summed E-state index contributed by atoms with van der Waals surface area (Å²) >= 11 is 0. The van der Waals surface area contributed by atoms with Crippen LogP contribution in [0, 0.1) is 5.92 Å². The third-order valence-electron chi connectivity index (χ3n) is 4.67. The highest BCUT2D eigenvalue weighted by Crippen LogP contribution is 2.29. The standard InChI is InChI=1S/C15H19F3N4O3/c16-15(17,18)12-19-5-1-11(20-12)21-6-2-10(3-7-21)9-22-8-4-14(24,25)13(22)23/h1,5,10,24-25H,2-4,6-9H2. The molecule has 138 valence electrons. The molecule has 2 saturated heterocycles. The molecule has 0 aromatic carbocycles. The van der Waals surface area contributed by atoms with Crippen molar-refractivity contribution >= 4 is 11.7 Å². The fourth-order valence-corrected chi connectivity index (χ4v) is 3.24. The first-order chi connectivity index (χ1) is 11.7. The fourth-order valence-electron chi connectivity index (χ4n) is 3.24. The molecular formula is C15H19F3N4O3. The molecule has 7 nitrogen and oxygen atoms in total. The van der Waals surface area contributed by atoms with E-state index in [0.29, 0.717) is 39.0 Å². The van der Waals surface area contributed by atoms with E-state index in [-0.39, 0.29) is 18.2 Å². The summed E-state index contributed by atoms with van der Waals surface area (Å²) < 4.78 is 38.1. The molecule has 3 rings (SSSR count). The first-order valence-electron chi connectivity index (χ1n) is 8.06. The van der Waals surface area contributed by atoms with Gasteiger partial charge in [0, 0.05) is 38.8 Å². The van der Waals surface area contributed by atoms with Gasteiger partial charge in [-0.2, -0.15) is 13.2 Å². The summed E-state index contributed by atoms with van der Waals surface area (Å²) in [5, 5.41) is 19.0. The van der Waals surface area contributed by atoms with Gasteiger partial charge in [0.15, 0.2) is 0 Å². The van der Waals surface area contributed by atoms with Crippen molar-refractivity contribution in [3.63, 3.8) is 0 Å². The molecule has 2 N–H and O–H groups in total. The van der Waals surface area contributed by atoms with Crippen LogP contribution in [0.2, 0.25) is 0 Å². The first-order valence-corrected chi connectivity index (χ1v) is 8.06. The maximum Gasteiger partial charge on any atom is 0.451 e. The van der Waals surface area contributed by atoms with Crippen LogP contribution in [0.5, 0.6) is 0 Å². The van der Waals surface area contributed by atoms with E-state index in [9.17, 15) is 28.2 Å². The topological polar surface area (TPSA) is 89.8 Å². The number of hydrogen-bond donors (Lipinski definition) is 2. The molecule has 3 heterocycles. The lowest BCUT2D eigenvalue weighted by Crippen LogP contribution is -2.43. The Balaban J connectivity index is 1.57. The summed E-state index contributed by atoms with van der Waals surface area (Å²) in [7, 11) is 0. The average Bonchev–Trinajstić information content (AvgIpc) is 2.82. The summed E-state index contributed by atoms with van der Waals surface area (Å²) in [5.41, 5.74) is 0. The van der Waals surface area contributed by atoms with E-state index in [1.165, 1.54) is 11.0 Å². The highest BCUT2D eigenvalue weighted by atomic mass is 19.4. The van der Waals surface area contributed by atoms with Gasteiger partial charge in [0.25, 0.3) is 5.91 Å². The molecule has 0 spiro atoms. The van der Waals surface area contributed by atoms with Crippen molar-refractivity contribution in [2.75, 3.05) is 31.1 Å². The van der Waals surface area contributed by atoms with Gasteiger partial charge >= 0.3 is 6.18 Å². The van der Waals surface area contributed by atoms with Crippen molar-refractivity contribution < 1.29 is 28.2 Å². The monoisotopic (exact) mass is 360 g/mol. The molecule has 0 bridgehead atoms. The van der Waals surface area contributed by atoms with Gasteiger partial charge in [0.2, 0.25) is 11.6 Å². The average molecular weight is 360 g/mol. The lowest BCUT2D eigenvalue weighted by atomic mass is 9.96. The van der Waals surface area contributed by atoms with Crippen molar-refractivity contribution in [1.29, 1.82) is 0 Å². The maximum absolute atomic E-state index is 12.7. The number of anilines is 1. The molecule has 10 heteroatoms. The number of piperidine rings is 1. The Hall–Kier alpha value is -1.94. The second kappa shape index (κ2) is 6.41. The van der Waals surface area contributed by atoms with Crippen LogP contribution in [0.4, 0.5) is 19.0 Å².